The third-order valence-electron chi connectivity index (χ3n) is 3.48. The van der Waals surface area contributed by atoms with Crippen LogP contribution in [-0.2, 0) is 5.88 Å². The van der Waals surface area contributed by atoms with Crippen LogP contribution in [0.4, 0.5) is 0 Å². The van der Waals surface area contributed by atoms with E-state index in [1.165, 1.54) is 11.1 Å². The number of halogens is 1. The molecule has 20 heavy (non-hydrogen) atoms. The Hall–Kier alpha value is -1.47. The minimum absolute atomic E-state index is 0.439. The van der Waals surface area contributed by atoms with Crippen molar-refractivity contribution in [2.45, 2.75) is 39.5 Å². The van der Waals surface area contributed by atoms with Gasteiger partial charge < -0.3 is 4.74 Å². The molecule has 0 heterocycles. The number of ether oxygens (including phenoxy) is 1. The molecule has 2 aromatic carbocycles. The first-order valence-corrected chi connectivity index (χ1v) is 7.48. The van der Waals surface area contributed by atoms with Gasteiger partial charge in [0.2, 0.25) is 0 Å². The predicted octanol–water partition coefficient (Wildman–Crippen LogP) is 5.96. The maximum Gasteiger partial charge on any atom is 0.131 e. The molecule has 0 radical (unpaired) electrons. The van der Waals surface area contributed by atoms with Gasteiger partial charge in [-0.2, -0.15) is 0 Å². The second-order valence-corrected chi connectivity index (χ2v) is 5.79. The summed E-state index contributed by atoms with van der Waals surface area (Å²) < 4.78 is 6.09. The van der Waals surface area contributed by atoms with E-state index in [4.69, 9.17) is 16.3 Å². The van der Waals surface area contributed by atoms with Crippen LogP contribution in [0.1, 0.15) is 42.0 Å². The standard InChI is InChI=1S/C18H21ClO/c1-12(2)17-8-5-13(3)9-18(17)20-16-7-6-15(11-19)14(4)10-16/h5-10,12H,11H2,1-4H3. The van der Waals surface area contributed by atoms with Crippen LogP contribution in [0.15, 0.2) is 36.4 Å². The number of rotatable bonds is 4. The molecule has 0 N–H and O–H groups in total. The summed E-state index contributed by atoms with van der Waals surface area (Å²) in [5.41, 5.74) is 4.75. The second-order valence-electron chi connectivity index (χ2n) is 5.52. The van der Waals surface area contributed by atoms with Crippen LogP contribution in [0.5, 0.6) is 11.5 Å². The Balaban J connectivity index is 2.34. The fraction of sp³-hybridized carbons (Fsp3) is 0.333. The van der Waals surface area contributed by atoms with Crippen molar-refractivity contribution in [2.24, 2.45) is 0 Å². The number of hydrogen-bond acceptors (Lipinski definition) is 1. The number of benzene rings is 2. The highest BCUT2D eigenvalue weighted by Crippen LogP contribution is 2.32. The van der Waals surface area contributed by atoms with Crippen LogP contribution >= 0.6 is 11.6 Å². The molecular weight excluding hydrogens is 268 g/mol. The maximum absolute atomic E-state index is 6.09. The third-order valence-corrected chi connectivity index (χ3v) is 3.76. The summed E-state index contributed by atoms with van der Waals surface area (Å²) in [6.45, 7) is 8.50. The zero-order valence-electron chi connectivity index (χ0n) is 12.5. The Morgan fingerprint density at radius 1 is 1.05 bits per heavy atom. The molecular formula is C18H21ClO. The Bertz CT molecular complexity index is 602. The summed E-state index contributed by atoms with van der Waals surface area (Å²) in [7, 11) is 0. The van der Waals surface area contributed by atoms with Crippen molar-refractivity contribution < 1.29 is 4.74 Å². The molecule has 0 aliphatic carbocycles. The van der Waals surface area contributed by atoms with E-state index in [9.17, 15) is 0 Å². The highest BCUT2D eigenvalue weighted by atomic mass is 35.5. The van der Waals surface area contributed by atoms with Crippen molar-refractivity contribution in [2.75, 3.05) is 0 Å². The maximum atomic E-state index is 6.09. The Kier molecular flexibility index (Phi) is 4.72. The zero-order chi connectivity index (χ0) is 14.7. The van der Waals surface area contributed by atoms with Crippen molar-refractivity contribution in [1.82, 2.24) is 0 Å². The molecule has 0 saturated heterocycles. The average molecular weight is 289 g/mol. The molecule has 0 spiro atoms. The number of hydrogen-bond donors (Lipinski definition) is 0. The van der Waals surface area contributed by atoms with Gasteiger partial charge in [-0.05, 0) is 60.2 Å². The lowest BCUT2D eigenvalue weighted by Crippen LogP contribution is -1.95. The van der Waals surface area contributed by atoms with Gasteiger partial charge in [0.25, 0.3) is 0 Å². The molecule has 106 valence electrons. The predicted molar refractivity (Wildman–Crippen MR) is 86.1 cm³/mol. The molecule has 2 rings (SSSR count). The zero-order valence-corrected chi connectivity index (χ0v) is 13.3. The topological polar surface area (TPSA) is 9.23 Å². The summed E-state index contributed by atoms with van der Waals surface area (Å²) in [4.78, 5) is 0. The van der Waals surface area contributed by atoms with Gasteiger partial charge >= 0.3 is 0 Å². The number of aryl methyl sites for hydroxylation is 2. The largest absolute Gasteiger partial charge is 0.457 e. The Labute approximate surface area is 126 Å². The van der Waals surface area contributed by atoms with Gasteiger partial charge in [0, 0.05) is 5.88 Å². The Morgan fingerprint density at radius 2 is 1.80 bits per heavy atom. The average Bonchev–Trinajstić information content (AvgIpc) is 2.38. The molecule has 0 atom stereocenters. The lowest BCUT2D eigenvalue weighted by atomic mass is 10.0. The first kappa shape index (κ1) is 14.9. The van der Waals surface area contributed by atoms with Crippen LogP contribution in [0.2, 0.25) is 0 Å². The monoisotopic (exact) mass is 288 g/mol. The van der Waals surface area contributed by atoms with Crippen LogP contribution in [-0.4, -0.2) is 0 Å². The van der Waals surface area contributed by atoms with Gasteiger partial charge in [-0.25, -0.2) is 0 Å². The molecule has 0 unspecified atom stereocenters. The molecule has 0 bridgehead atoms. The summed E-state index contributed by atoms with van der Waals surface area (Å²) in [5.74, 6) is 2.78. The SMILES string of the molecule is Cc1ccc(C(C)C)c(Oc2ccc(CCl)c(C)c2)c1. The van der Waals surface area contributed by atoms with Crippen molar-refractivity contribution in [1.29, 1.82) is 0 Å². The van der Waals surface area contributed by atoms with Crippen LogP contribution in [0.25, 0.3) is 0 Å². The molecule has 0 saturated carbocycles. The first-order valence-electron chi connectivity index (χ1n) is 6.95. The second kappa shape index (κ2) is 6.32. The summed E-state index contributed by atoms with van der Waals surface area (Å²) >= 11 is 5.89. The van der Waals surface area contributed by atoms with E-state index in [1.807, 2.05) is 18.2 Å². The lowest BCUT2D eigenvalue weighted by Gasteiger charge is -2.15. The molecule has 2 aromatic rings. The van der Waals surface area contributed by atoms with Crippen molar-refractivity contribution >= 4 is 11.6 Å². The molecule has 0 amide bonds. The van der Waals surface area contributed by atoms with Crippen LogP contribution in [0.3, 0.4) is 0 Å². The smallest absolute Gasteiger partial charge is 0.131 e. The quantitative estimate of drug-likeness (QED) is 0.631. The fourth-order valence-electron chi connectivity index (χ4n) is 2.22. The highest BCUT2D eigenvalue weighted by Gasteiger charge is 2.09. The van der Waals surface area contributed by atoms with E-state index in [1.54, 1.807) is 0 Å². The van der Waals surface area contributed by atoms with Gasteiger partial charge in [0.1, 0.15) is 11.5 Å². The normalized spacial score (nSPS) is 10.9. The Morgan fingerprint density at radius 3 is 2.40 bits per heavy atom. The summed E-state index contributed by atoms with van der Waals surface area (Å²) in [5, 5.41) is 0. The first-order chi connectivity index (χ1) is 9.51. The molecule has 2 heteroatoms. The number of alkyl halides is 1. The summed E-state index contributed by atoms with van der Waals surface area (Å²) in [6.07, 6.45) is 0. The third kappa shape index (κ3) is 3.34. The van der Waals surface area contributed by atoms with Crippen molar-refractivity contribution in [3.05, 3.63) is 58.7 Å². The van der Waals surface area contributed by atoms with Gasteiger partial charge in [-0.1, -0.05) is 32.0 Å². The van der Waals surface area contributed by atoms with Gasteiger partial charge in [0.05, 0.1) is 0 Å². The molecule has 0 aliphatic heterocycles. The summed E-state index contributed by atoms with van der Waals surface area (Å²) in [6, 6.07) is 12.4. The van der Waals surface area contributed by atoms with Gasteiger partial charge in [-0.15, -0.1) is 11.6 Å². The van der Waals surface area contributed by atoms with Crippen LogP contribution in [0, 0.1) is 13.8 Å². The highest BCUT2D eigenvalue weighted by molar-refractivity contribution is 6.17. The van der Waals surface area contributed by atoms with E-state index >= 15 is 0 Å². The van der Waals surface area contributed by atoms with Crippen molar-refractivity contribution in [3.8, 4) is 11.5 Å². The molecule has 0 aliphatic rings. The fourth-order valence-corrected chi connectivity index (χ4v) is 2.52. The lowest BCUT2D eigenvalue weighted by molar-refractivity contribution is 0.472. The van der Waals surface area contributed by atoms with Gasteiger partial charge in [0.15, 0.2) is 0 Å². The minimum Gasteiger partial charge on any atom is -0.457 e. The van der Waals surface area contributed by atoms with E-state index < -0.39 is 0 Å². The van der Waals surface area contributed by atoms with Crippen molar-refractivity contribution in [3.63, 3.8) is 0 Å². The molecule has 1 nitrogen and oxygen atoms in total. The van der Waals surface area contributed by atoms with E-state index in [0.29, 0.717) is 11.8 Å². The van der Waals surface area contributed by atoms with E-state index in [2.05, 4.69) is 45.9 Å². The minimum atomic E-state index is 0.439. The van der Waals surface area contributed by atoms with Crippen LogP contribution < -0.4 is 4.74 Å². The van der Waals surface area contributed by atoms with E-state index in [0.717, 1.165) is 22.6 Å². The van der Waals surface area contributed by atoms with Gasteiger partial charge in [-0.3, -0.25) is 0 Å². The molecule has 0 fully saturated rings. The van der Waals surface area contributed by atoms with E-state index in [-0.39, 0.29) is 0 Å². The molecule has 0 aromatic heterocycles.